The van der Waals surface area contributed by atoms with Crippen molar-refractivity contribution < 1.29 is 13.9 Å². The summed E-state index contributed by atoms with van der Waals surface area (Å²) in [6, 6.07) is 16.4. The first-order valence-corrected chi connectivity index (χ1v) is 10.4. The normalized spacial score (nSPS) is 22.7. The SMILES string of the molecule is O=C(C1CC(c2ccc(F)cc2)NN1)N1CCC(COCc2ccccc2)CC1. The molecule has 1 amide bonds. The Morgan fingerprint density at radius 1 is 1.03 bits per heavy atom. The van der Waals surface area contributed by atoms with Crippen LogP contribution in [0.15, 0.2) is 54.6 Å². The maximum Gasteiger partial charge on any atom is 0.241 e. The third-order valence-corrected chi connectivity index (χ3v) is 5.86. The summed E-state index contributed by atoms with van der Waals surface area (Å²) < 4.78 is 19.0. The van der Waals surface area contributed by atoms with Gasteiger partial charge < -0.3 is 9.64 Å². The zero-order valence-corrected chi connectivity index (χ0v) is 16.5. The van der Waals surface area contributed by atoms with Gasteiger partial charge in [0.1, 0.15) is 11.9 Å². The van der Waals surface area contributed by atoms with Gasteiger partial charge in [-0.25, -0.2) is 15.2 Å². The first kappa shape index (κ1) is 20.0. The third-order valence-electron chi connectivity index (χ3n) is 5.86. The second-order valence-corrected chi connectivity index (χ2v) is 7.95. The summed E-state index contributed by atoms with van der Waals surface area (Å²) in [5.74, 6) is 0.401. The predicted molar refractivity (Wildman–Crippen MR) is 109 cm³/mol. The molecule has 2 heterocycles. The highest BCUT2D eigenvalue weighted by Crippen LogP contribution is 2.25. The Balaban J connectivity index is 1.19. The van der Waals surface area contributed by atoms with Crippen LogP contribution in [0.2, 0.25) is 0 Å². The van der Waals surface area contributed by atoms with E-state index in [1.54, 1.807) is 12.1 Å². The number of amides is 1. The quantitative estimate of drug-likeness (QED) is 0.786. The van der Waals surface area contributed by atoms with E-state index in [4.69, 9.17) is 4.74 Å². The molecule has 2 aromatic rings. The molecule has 0 spiro atoms. The van der Waals surface area contributed by atoms with Gasteiger partial charge in [-0.3, -0.25) is 4.79 Å². The number of rotatable bonds is 6. The molecule has 0 saturated carbocycles. The second-order valence-electron chi connectivity index (χ2n) is 7.95. The van der Waals surface area contributed by atoms with Crippen molar-refractivity contribution in [2.75, 3.05) is 19.7 Å². The molecule has 2 N–H and O–H groups in total. The van der Waals surface area contributed by atoms with E-state index < -0.39 is 0 Å². The van der Waals surface area contributed by atoms with E-state index in [0.29, 0.717) is 18.9 Å². The van der Waals surface area contributed by atoms with E-state index in [9.17, 15) is 9.18 Å². The summed E-state index contributed by atoms with van der Waals surface area (Å²) in [7, 11) is 0. The van der Waals surface area contributed by atoms with E-state index in [-0.39, 0.29) is 23.8 Å². The lowest BCUT2D eigenvalue weighted by molar-refractivity contribution is -0.134. The molecule has 0 bridgehead atoms. The van der Waals surface area contributed by atoms with Gasteiger partial charge in [-0.1, -0.05) is 42.5 Å². The van der Waals surface area contributed by atoms with E-state index >= 15 is 0 Å². The second kappa shape index (κ2) is 9.48. The summed E-state index contributed by atoms with van der Waals surface area (Å²) in [5.41, 5.74) is 8.48. The lowest BCUT2D eigenvalue weighted by atomic mass is 9.96. The first-order valence-electron chi connectivity index (χ1n) is 10.4. The van der Waals surface area contributed by atoms with Crippen LogP contribution in [0.25, 0.3) is 0 Å². The standard InChI is InChI=1S/C23H28FN3O2/c24-20-8-6-19(7-9-20)21-14-22(26-25-21)23(28)27-12-10-18(11-13-27)16-29-15-17-4-2-1-3-5-17/h1-9,18,21-22,25-26H,10-16H2. The number of likely N-dealkylation sites (tertiary alicyclic amines) is 1. The molecule has 2 aromatic carbocycles. The molecule has 0 radical (unpaired) electrons. The van der Waals surface area contributed by atoms with Crippen molar-refractivity contribution in [3.63, 3.8) is 0 Å². The van der Waals surface area contributed by atoms with Crippen LogP contribution in [0.5, 0.6) is 0 Å². The zero-order chi connectivity index (χ0) is 20.1. The number of halogens is 1. The van der Waals surface area contributed by atoms with Crippen LogP contribution < -0.4 is 10.9 Å². The molecule has 2 aliphatic heterocycles. The molecular formula is C23H28FN3O2. The van der Waals surface area contributed by atoms with Crippen molar-refractivity contribution >= 4 is 5.91 Å². The predicted octanol–water partition coefficient (Wildman–Crippen LogP) is 3.19. The van der Waals surface area contributed by atoms with Crippen molar-refractivity contribution in [3.05, 3.63) is 71.5 Å². The van der Waals surface area contributed by atoms with Crippen LogP contribution in [0.4, 0.5) is 4.39 Å². The minimum atomic E-state index is -0.247. The Bertz CT molecular complexity index is 792. The molecule has 5 nitrogen and oxygen atoms in total. The number of nitrogens with one attached hydrogen (secondary N) is 2. The topological polar surface area (TPSA) is 53.6 Å². The van der Waals surface area contributed by atoms with Gasteiger partial charge >= 0.3 is 0 Å². The number of nitrogens with zero attached hydrogens (tertiary/aromatic N) is 1. The largest absolute Gasteiger partial charge is 0.376 e. The molecule has 4 rings (SSSR count). The lowest BCUT2D eigenvalue weighted by Crippen LogP contribution is -2.48. The van der Waals surface area contributed by atoms with Gasteiger partial charge in [0.25, 0.3) is 0 Å². The molecular weight excluding hydrogens is 369 g/mol. The van der Waals surface area contributed by atoms with E-state index in [2.05, 4.69) is 23.0 Å². The molecule has 2 atom stereocenters. The number of carbonyl (C=O) groups excluding carboxylic acids is 1. The number of benzene rings is 2. The Labute approximate surface area is 171 Å². The van der Waals surface area contributed by atoms with Crippen LogP contribution in [0.3, 0.4) is 0 Å². The monoisotopic (exact) mass is 397 g/mol. The van der Waals surface area contributed by atoms with Gasteiger partial charge in [0, 0.05) is 25.7 Å². The summed E-state index contributed by atoms with van der Waals surface area (Å²) in [6.45, 7) is 2.93. The van der Waals surface area contributed by atoms with Gasteiger partial charge in [0.2, 0.25) is 5.91 Å². The highest BCUT2D eigenvalue weighted by atomic mass is 19.1. The molecule has 154 valence electrons. The van der Waals surface area contributed by atoms with E-state index in [1.807, 2.05) is 23.1 Å². The Morgan fingerprint density at radius 2 is 1.76 bits per heavy atom. The fraction of sp³-hybridized carbons (Fsp3) is 0.435. The van der Waals surface area contributed by atoms with Crippen LogP contribution in [-0.4, -0.2) is 36.5 Å². The van der Waals surface area contributed by atoms with Crippen LogP contribution in [-0.2, 0) is 16.1 Å². The first-order chi connectivity index (χ1) is 14.2. The highest BCUT2D eigenvalue weighted by molar-refractivity contribution is 5.82. The van der Waals surface area contributed by atoms with Crippen molar-refractivity contribution in [1.29, 1.82) is 0 Å². The van der Waals surface area contributed by atoms with Gasteiger partial charge in [-0.2, -0.15) is 0 Å². The lowest BCUT2D eigenvalue weighted by Gasteiger charge is -2.33. The number of hydrogen-bond acceptors (Lipinski definition) is 4. The molecule has 2 aliphatic rings. The Kier molecular flexibility index (Phi) is 6.54. The van der Waals surface area contributed by atoms with Gasteiger partial charge in [-0.15, -0.1) is 0 Å². The number of hydrazine groups is 1. The molecule has 0 aromatic heterocycles. The molecule has 0 aliphatic carbocycles. The Hall–Kier alpha value is -2.28. The molecule has 2 saturated heterocycles. The van der Waals surface area contributed by atoms with Crippen molar-refractivity contribution in [2.24, 2.45) is 5.92 Å². The fourth-order valence-corrected chi connectivity index (χ4v) is 4.09. The van der Waals surface area contributed by atoms with Crippen molar-refractivity contribution in [1.82, 2.24) is 15.8 Å². The number of hydrogen-bond donors (Lipinski definition) is 2. The summed E-state index contributed by atoms with van der Waals surface area (Å²) >= 11 is 0. The van der Waals surface area contributed by atoms with Gasteiger partial charge in [0.05, 0.1) is 6.61 Å². The third kappa shape index (κ3) is 5.21. The molecule has 2 unspecified atom stereocenters. The van der Waals surface area contributed by atoms with Crippen LogP contribution in [0, 0.1) is 11.7 Å². The van der Waals surface area contributed by atoms with Crippen molar-refractivity contribution in [3.8, 4) is 0 Å². The van der Waals surface area contributed by atoms with Gasteiger partial charge in [0.15, 0.2) is 0 Å². The zero-order valence-electron chi connectivity index (χ0n) is 16.5. The average Bonchev–Trinajstić information content (AvgIpc) is 3.25. The Morgan fingerprint density at radius 3 is 2.48 bits per heavy atom. The van der Waals surface area contributed by atoms with Gasteiger partial charge in [-0.05, 0) is 48.4 Å². The number of piperidine rings is 1. The van der Waals surface area contributed by atoms with Crippen LogP contribution in [0.1, 0.15) is 36.4 Å². The number of carbonyl (C=O) groups is 1. The highest BCUT2D eigenvalue weighted by Gasteiger charge is 2.34. The van der Waals surface area contributed by atoms with E-state index in [0.717, 1.165) is 38.1 Å². The summed E-state index contributed by atoms with van der Waals surface area (Å²) in [5, 5.41) is 0. The molecule has 2 fully saturated rings. The average molecular weight is 397 g/mol. The maximum absolute atomic E-state index is 13.1. The van der Waals surface area contributed by atoms with Crippen LogP contribution >= 0.6 is 0 Å². The fourth-order valence-electron chi connectivity index (χ4n) is 4.09. The van der Waals surface area contributed by atoms with Crippen molar-refractivity contribution in [2.45, 2.75) is 38.0 Å². The minimum Gasteiger partial charge on any atom is -0.376 e. The smallest absolute Gasteiger partial charge is 0.241 e. The minimum absolute atomic E-state index is 0.0217. The molecule has 6 heteroatoms. The molecule has 29 heavy (non-hydrogen) atoms. The van der Waals surface area contributed by atoms with E-state index in [1.165, 1.54) is 17.7 Å². The summed E-state index contributed by atoms with van der Waals surface area (Å²) in [4.78, 5) is 14.8. The maximum atomic E-state index is 13.1. The number of ether oxygens (including phenoxy) is 1. The summed E-state index contributed by atoms with van der Waals surface area (Å²) in [6.07, 6.45) is 2.62.